The maximum absolute atomic E-state index is 13.3. The van der Waals surface area contributed by atoms with Gasteiger partial charge >= 0.3 is 0 Å². The lowest BCUT2D eigenvalue weighted by Gasteiger charge is -2.20. The van der Waals surface area contributed by atoms with Crippen LogP contribution < -0.4 is 5.73 Å². The first-order valence-corrected chi connectivity index (χ1v) is 4.98. The Hall–Kier alpha value is -1.10. The summed E-state index contributed by atoms with van der Waals surface area (Å²) in [6.45, 7) is 3.43. The summed E-state index contributed by atoms with van der Waals surface area (Å²) < 4.78 is 52.5. The Morgan fingerprint density at radius 2 is 1.56 bits per heavy atom. The van der Waals surface area contributed by atoms with E-state index in [-0.39, 0.29) is 12.0 Å². The van der Waals surface area contributed by atoms with Crippen molar-refractivity contribution in [2.24, 2.45) is 11.7 Å². The van der Waals surface area contributed by atoms with Crippen LogP contribution in [0.5, 0.6) is 0 Å². The van der Waals surface area contributed by atoms with Crippen LogP contribution in [0.3, 0.4) is 0 Å². The molecule has 0 aliphatic rings. The zero-order chi connectivity index (χ0) is 12.5. The Labute approximate surface area is 91.3 Å². The van der Waals surface area contributed by atoms with E-state index < -0.39 is 34.9 Å². The molecule has 0 bridgehead atoms. The van der Waals surface area contributed by atoms with Crippen molar-refractivity contribution < 1.29 is 17.6 Å². The van der Waals surface area contributed by atoms with Gasteiger partial charge in [-0.3, -0.25) is 0 Å². The SMILES string of the molecule is CCC(C)[C@@H](N)c1c(F)c(F)cc(F)c1F. The molecule has 90 valence electrons. The minimum atomic E-state index is -1.42. The molecule has 16 heavy (non-hydrogen) atoms. The Kier molecular flexibility index (Phi) is 3.91. The van der Waals surface area contributed by atoms with Gasteiger partial charge in [-0.05, 0) is 5.92 Å². The molecule has 5 heteroatoms. The van der Waals surface area contributed by atoms with Crippen molar-refractivity contribution in [2.75, 3.05) is 0 Å². The van der Waals surface area contributed by atoms with Crippen molar-refractivity contribution in [3.8, 4) is 0 Å². The molecular formula is C11H13F4N. The monoisotopic (exact) mass is 235 g/mol. The molecule has 2 N–H and O–H groups in total. The molecule has 0 saturated carbocycles. The van der Waals surface area contributed by atoms with E-state index in [0.717, 1.165) is 0 Å². The summed E-state index contributed by atoms with van der Waals surface area (Å²) in [6.07, 6.45) is 0.554. The third kappa shape index (κ3) is 2.19. The Bertz CT molecular complexity index is 366. The fourth-order valence-electron chi connectivity index (χ4n) is 1.42. The molecule has 1 aromatic carbocycles. The van der Waals surface area contributed by atoms with Gasteiger partial charge in [-0.15, -0.1) is 0 Å². The average Bonchev–Trinajstić information content (AvgIpc) is 2.25. The van der Waals surface area contributed by atoms with E-state index in [1.807, 2.05) is 0 Å². The smallest absolute Gasteiger partial charge is 0.166 e. The van der Waals surface area contributed by atoms with E-state index in [1.165, 1.54) is 0 Å². The van der Waals surface area contributed by atoms with Gasteiger partial charge < -0.3 is 5.73 Å². The highest BCUT2D eigenvalue weighted by Crippen LogP contribution is 2.29. The van der Waals surface area contributed by atoms with Gasteiger partial charge in [-0.25, -0.2) is 17.6 Å². The van der Waals surface area contributed by atoms with Crippen molar-refractivity contribution in [1.29, 1.82) is 0 Å². The van der Waals surface area contributed by atoms with Gasteiger partial charge in [-0.1, -0.05) is 20.3 Å². The minimum absolute atomic E-state index is 0.178. The first kappa shape index (κ1) is 13.0. The van der Waals surface area contributed by atoms with Crippen molar-refractivity contribution in [2.45, 2.75) is 26.3 Å². The van der Waals surface area contributed by atoms with Gasteiger partial charge in [0, 0.05) is 17.7 Å². The van der Waals surface area contributed by atoms with Gasteiger partial charge in [0.05, 0.1) is 0 Å². The fraction of sp³-hybridized carbons (Fsp3) is 0.455. The summed E-state index contributed by atoms with van der Waals surface area (Å²) in [5.41, 5.74) is 4.86. The molecule has 0 saturated heterocycles. The van der Waals surface area contributed by atoms with Crippen molar-refractivity contribution in [1.82, 2.24) is 0 Å². The Morgan fingerprint density at radius 1 is 1.12 bits per heavy atom. The summed E-state index contributed by atoms with van der Waals surface area (Å²) in [4.78, 5) is 0. The Morgan fingerprint density at radius 3 is 1.94 bits per heavy atom. The zero-order valence-corrected chi connectivity index (χ0v) is 9.03. The summed E-state index contributed by atoms with van der Waals surface area (Å²) in [6, 6.07) is -0.882. The van der Waals surface area contributed by atoms with Crippen LogP contribution in [0.15, 0.2) is 6.07 Å². The lowest BCUT2D eigenvalue weighted by atomic mass is 9.92. The average molecular weight is 235 g/mol. The number of benzene rings is 1. The highest BCUT2D eigenvalue weighted by molar-refractivity contribution is 5.26. The molecule has 1 nitrogen and oxygen atoms in total. The third-order valence-electron chi connectivity index (χ3n) is 2.74. The molecular weight excluding hydrogens is 222 g/mol. The van der Waals surface area contributed by atoms with Gasteiger partial charge in [0.15, 0.2) is 23.3 Å². The van der Waals surface area contributed by atoms with Crippen LogP contribution >= 0.6 is 0 Å². The van der Waals surface area contributed by atoms with Crippen molar-refractivity contribution in [3.63, 3.8) is 0 Å². The quantitative estimate of drug-likeness (QED) is 0.631. The summed E-state index contributed by atoms with van der Waals surface area (Å²) in [5, 5.41) is 0. The molecule has 1 unspecified atom stereocenters. The van der Waals surface area contributed by atoms with Crippen LogP contribution in [0.1, 0.15) is 31.9 Å². The third-order valence-corrected chi connectivity index (χ3v) is 2.74. The van der Waals surface area contributed by atoms with E-state index in [4.69, 9.17) is 5.73 Å². The van der Waals surface area contributed by atoms with Crippen LogP contribution in [0.4, 0.5) is 17.6 Å². The van der Waals surface area contributed by atoms with Gasteiger partial charge in [-0.2, -0.15) is 0 Å². The fourth-order valence-corrected chi connectivity index (χ4v) is 1.42. The molecule has 0 aliphatic heterocycles. The minimum Gasteiger partial charge on any atom is -0.324 e. The van der Waals surface area contributed by atoms with Crippen LogP contribution in [0, 0.1) is 29.2 Å². The number of hydrogen-bond acceptors (Lipinski definition) is 1. The molecule has 0 fully saturated rings. The topological polar surface area (TPSA) is 26.0 Å². The van der Waals surface area contributed by atoms with Crippen LogP contribution in [0.2, 0.25) is 0 Å². The summed E-state index contributed by atoms with van der Waals surface area (Å²) in [5.74, 6) is -5.94. The largest absolute Gasteiger partial charge is 0.324 e. The molecule has 0 radical (unpaired) electrons. The molecule has 2 atom stereocenters. The highest BCUT2D eigenvalue weighted by atomic mass is 19.2. The summed E-state index contributed by atoms with van der Waals surface area (Å²) >= 11 is 0. The summed E-state index contributed by atoms with van der Waals surface area (Å²) in [7, 11) is 0. The van der Waals surface area contributed by atoms with Gasteiger partial charge in [0.25, 0.3) is 0 Å². The molecule has 0 heterocycles. The van der Waals surface area contributed by atoms with Gasteiger partial charge in [0.2, 0.25) is 0 Å². The number of rotatable bonds is 3. The number of halogens is 4. The molecule has 0 spiro atoms. The maximum Gasteiger partial charge on any atom is 0.166 e. The number of hydrogen-bond donors (Lipinski definition) is 1. The van der Waals surface area contributed by atoms with Crippen molar-refractivity contribution in [3.05, 3.63) is 34.9 Å². The standard InChI is InChI=1S/C11H13F4N/c1-3-5(2)11(16)8-9(14)6(12)4-7(13)10(8)15/h4-5,11H,3,16H2,1-2H3/t5?,11-/m1/s1. The Balaban J connectivity index is 3.31. The highest BCUT2D eigenvalue weighted by Gasteiger charge is 2.26. The predicted molar refractivity (Wildman–Crippen MR) is 52.7 cm³/mol. The first-order chi connectivity index (χ1) is 7.40. The van der Waals surface area contributed by atoms with E-state index >= 15 is 0 Å². The maximum atomic E-state index is 13.3. The normalized spacial score (nSPS) is 14.9. The first-order valence-electron chi connectivity index (χ1n) is 4.98. The van der Waals surface area contributed by atoms with E-state index in [2.05, 4.69) is 0 Å². The van der Waals surface area contributed by atoms with E-state index in [0.29, 0.717) is 6.42 Å². The van der Waals surface area contributed by atoms with E-state index in [9.17, 15) is 17.6 Å². The van der Waals surface area contributed by atoms with Gasteiger partial charge in [0.1, 0.15) is 0 Å². The second kappa shape index (κ2) is 4.82. The predicted octanol–water partition coefficient (Wildman–Crippen LogP) is 3.29. The van der Waals surface area contributed by atoms with Crippen LogP contribution in [0.25, 0.3) is 0 Å². The van der Waals surface area contributed by atoms with Crippen LogP contribution in [-0.4, -0.2) is 0 Å². The molecule has 0 aromatic heterocycles. The second-order valence-corrected chi connectivity index (χ2v) is 3.79. The van der Waals surface area contributed by atoms with Crippen molar-refractivity contribution >= 4 is 0 Å². The lowest BCUT2D eigenvalue weighted by Crippen LogP contribution is -2.22. The second-order valence-electron chi connectivity index (χ2n) is 3.79. The van der Waals surface area contributed by atoms with Crippen LogP contribution in [-0.2, 0) is 0 Å². The number of nitrogens with two attached hydrogens (primary N) is 1. The van der Waals surface area contributed by atoms with E-state index in [1.54, 1.807) is 13.8 Å². The molecule has 1 aromatic rings. The molecule has 1 rings (SSSR count). The molecule has 0 aliphatic carbocycles. The molecule has 0 amide bonds. The zero-order valence-electron chi connectivity index (χ0n) is 9.03. The lowest BCUT2D eigenvalue weighted by molar-refractivity contribution is 0.384.